The molecular weight excluding hydrogens is 262 g/mol. The van der Waals surface area contributed by atoms with Crippen molar-refractivity contribution >= 4 is 5.91 Å². The van der Waals surface area contributed by atoms with E-state index in [0.717, 1.165) is 0 Å². The number of carbonyl (C=O) groups is 1. The van der Waals surface area contributed by atoms with E-state index in [1.165, 1.54) is 23.1 Å². The average molecular weight is 281 g/mol. The fraction of sp³-hybridized carbons (Fsp3) is 0.500. The maximum atomic E-state index is 12.5. The van der Waals surface area contributed by atoms with E-state index in [2.05, 4.69) is 0 Å². The molecule has 0 radical (unpaired) electrons. The largest absolute Gasteiger partial charge is 0.507 e. The molecule has 110 valence electrons. The van der Waals surface area contributed by atoms with Crippen molar-refractivity contribution in [1.82, 2.24) is 4.90 Å². The normalized spacial score (nSPS) is 21.8. The highest BCUT2D eigenvalue weighted by molar-refractivity contribution is 5.99. The summed E-state index contributed by atoms with van der Waals surface area (Å²) in [5, 5.41) is 28.8. The van der Waals surface area contributed by atoms with Crippen molar-refractivity contribution in [3.05, 3.63) is 23.8 Å². The molecule has 20 heavy (non-hydrogen) atoms. The van der Waals surface area contributed by atoms with Crippen molar-refractivity contribution in [2.75, 3.05) is 19.7 Å². The number of phenols is 2. The summed E-state index contributed by atoms with van der Waals surface area (Å²) in [7, 11) is 0. The third-order valence-corrected chi connectivity index (χ3v) is 3.21. The van der Waals surface area contributed by atoms with Crippen LogP contribution in [0.15, 0.2) is 18.2 Å². The van der Waals surface area contributed by atoms with E-state index < -0.39 is 17.6 Å². The van der Waals surface area contributed by atoms with Gasteiger partial charge in [-0.3, -0.25) is 4.79 Å². The molecule has 1 amide bonds. The van der Waals surface area contributed by atoms with Crippen LogP contribution < -0.4 is 0 Å². The highest BCUT2D eigenvalue weighted by atomic mass is 16.5. The minimum atomic E-state index is -0.596. The average Bonchev–Trinajstić information content (AvgIpc) is 2.36. The first-order valence-corrected chi connectivity index (χ1v) is 6.43. The van der Waals surface area contributed by atoms with E-state index >= 15 is 0 Å². The van der Waals surface area contributed by atoms with Gasteiger partial charge in [0.25, 0.3) is 5.91 Å². The first-order chi connectivity index (χ1) is 9.34. The van der Waals surface area contributed by atoms with Crippen LogP contribution in [0.25, 0.3) is 0 Å². The van der Waals surface area contributed by atoms with E-state index in [0.29, 0.717) is 6.54 Å². The number of aliphatic hydroxyl groups is 1. The SMILES string of the molecule is CC1(C)CN(C(=O)c2c(O)cccc2O)CC(CO)O1. The number of carbonyl (C=O) groups excluding carboxylic acids is 1. The molecule has 2 rings (SSSR count). The monoisotopic (exact) mass is 281 g/mol. The zero-order chi connectivity index (χ0) is 14.9. The molecule has 1 aliphatic heterocycles. The van der Waals surface area contributed by atoms with Crippen LogP contribution in [0.3, 0.4) is 0 Å². The van der Waals surface area contributed by atoms with Crippen LogP contribution in [-0.2, 0) is 4.74 Å². The van der Waals surface area contributed by atoms with E-state index in [1.807, 2.05) is 13.8 Å². The molecule has 0 spiro atoms. The lowest BCUT2D eigenvalue weighted by Crippen LogP contribution is -2.55. The van der Waals surface area contributed by atoms with E-state index in [1.54, 1.807) is 0 Å². The van der Waals surface area contributed by atoms with Gasteiger partial charge >= 0.3 is 0 Å². The maximum Gasteiger partial charge on any atom is 0.261 e. The topological polar surface area (TPSA) is 90.2 Å². The van der Waals surface area contributed by atoms with Crippen LogP contribution >= 0.6 is 0 Å². The van der Waals surface area contributed by atoms with Gasteiger partial charge in [-0.25, -0.2) is 0 Å². The predicted molar refractivity (Wildman–Crippen MR) is 71.7 cm³/mol. The molecule has 6 heteroatoms. The molecule has 0 saturated carbocycles. The number of nitrogens with zero attached hydrogens (tertiary/aromatic N) is 1. The Morgan fingerprint density at radius 1 is 1.40 bits per heavy atom. The number of phenolic OH excluding ortho intramolecular Hbond substituents is 2. The number of morpholine rings is 1. The molecule has 1 aliphatic rings. The lowest BCUT2D eigenvalue weighted by atomic mass is 10.0. The Hall–Kier alpha value is -1.79. The summed E-state index contributed by atoms with van der Waals surface area (Å²) in [6, 6.07) is 4.16. The molecular formula is C14H19NO5. The molecule has 3 N–H and O–H groups in total. The highest BCUT2D eigenvalue weighted by Crippen LogP contribution is 2.30. The second-order valence-electron chi connectivity index (χ2n) is 5.54. The Kier molecular flexibility index (Phi) is 3.87. The third kappa shape index (κ3) is 2.86. The Bertz CT molecular complexity index is 494. The van der Waals surface area contributed by atoms with Gasteiger partial charge in [0.1, 0.15) is 17.1 Å². The van der Waals surface area contributed by atoms with Crippen molar-refractivity contribution in [1.29, 1.82) is 0 Å². The summed E-state index contributed by atoms with van der Waals surface area (Å²) in [6.45, 7) is 3.97. The van der Waals surface area contributed by atoms with E-state index in [9.17, 15) is 20.1 Å². The van der Waals surface area contributed by atoms with E-state index in [4.69, 9.17) is 4.74 Å². The second-order valence-corrected chi connectivity index (χ2v) is 5.54. The molecule has 1 saturated heterocycles. The van der Waals surface area contributed by atoms with Crippen molar-refractivity contribution < 1.29 is 24.9 Å². The molecule has 0 aromatic heterocycles. The summed E-state index contributed by atoms with van der Waals surface area (Å²) >= 11 is 0. The lowest BCUT2D eigenvalue weighted by molar-refractivity contribution is -0.139. The van der Waals surface area contributed by atoms with Crippen LogP contribution in [0.4, 0.5) is 0 Å². The van der Waals surface area contributed by atoms with Gasteiger partial charge in [0.15, 0.2) is 0 Å². The van der Waals surface area contributed by atoms with Crippen LogP contribution in [0.1, 0.15) is 24.2 Å². The van der Waals surface area contributed by atoms with Gasteiger partial charge in [-0.2, -0.15) is 0 Å². The van der Waals surface area contributed by atoms with Crippen molar-refractivity contribution in [2.45, 2.75) is 25.6 Å². The predicted octanol–water partition coefficient (Wildman–Crippen LogP) is 0.710. The number of aromatic hydroxyl groups is 2. The van der Waals surface area contributed by atoms with Crippen molar-refractivity contribution in [3.8, 4) is 11.5 Å². The number of hydrogen-bond donors (Lipinski definition) is 3. The lowest BCUT2D eigenvalue weighted by Gasteiger charge is -2.42. The minimum Gasteiger partial charge on any atom is -0.507 e. The molecule has 0 bridgehead atoms. The molecule has 6 nitrogen and oxygen atoms in total. The summed E-state index contributed by atoms with van der Waals surface area (Å²) in [4.78, 5) is 13.9. The van der Waals surface area contributed by atoms with Crippen LogP contribution in [-0.4, -0.2) is 57.5 Å². The van der Waals surface area contributed by atoms with Crippen LogP contribution in [0.2, 0.25) is 0 Å². The number of ether oxygens (including phenoxy) is 1. The molecule has 0 aliphatic carbocycles. The number of benzene rings is 1. The Labute approximate surface area is 117 Å². The summed E-state index contributed by atoms with van der Waals surface area (Å²) in [5.41, 5.74) is -0.719. The molecule has 1 atom stereocenters. The molecule has 1 heterocycles. The zero-order valence-corrected chi connectivity index (χ0v) is 11.5. The van der Waals surface area contributed by atoms with E-state index in [-0.39, 0.29) is 30.2 Å². The number of hydrogen-bond acceptors (Lipinski definition) is 5. The highest BCUT2D eigenvalue weighted by Gasteiger charge is 2.36. The van der Waals surface area contributed by atoms with Gasteiger partial charge in [-0.05, 0) is 26.0 Å². The van der Waals surface area contributed by atoms with Gasteiger partial charge in [0.2, 0.25) is 0 Å². The van der Waals surface area contributed by atoms with Crippen LogP contribution in [0.5, 0.6) is 11.5 Å². The molecule has 1 fully saturated rings. The smallest absolute Gasteiger partial charge is 0.261 e. The first kappa shape index (κ1) is 14.6. The fourth-order valence-electron chi connectivity index (χ4n) is 2.45. The standard InChI is InChI=1S/C14H19NO5/c1-14(2)8-15(6-9(7-16)20-14)13(19)12-10(17)4-3-5-11(12)18/h3-5,9,16-18H,6-8H2,1-2H3. The van der Waals surface area contributed by atoms with Gasteiger partial charge in [-0.15, -0.1) is 0 Å². The number of rotatable bonds is 2. The third-order valence-electron chi connectivity index (χ3n) is 3.21. The number of aliphatic hydroxyl groups excluding tert-OH is 1. The zero-order valence-electron chi connectivity index (χ0n) is 11.5. The molecule has 1 aromatic carbocycles. The van der Waals surface area contributed by atoms with Crippen molar-refractivity contribution in [2.24, 2.45) is 0 Å². The Morgan fingerprint density at radius 2 is 2.00 bits per heavy atom. The van der Waals surface area contributed by atoms with Gasteiger partial charge in [0.05, 0.1) is 18.3 Å². The van der Waals surface area contributed by atoms with Crippen molar-refractivity contribution in [3.63, 3.8) is 0 Å². The summed E-state index contributed by atoms with van der Waals surface area (Å²) in [5.74, 6) is -1.00. The second kappa shape index (κ2) is 5.30. The quantitative estimate of drug-likeness (QED) is 0.743. The maximum absolute atomic E-state index is 12.5. The van der Waals surface area contributed by atoms with Crippen LogP contribution in [0, 0.1) is 0 Å². The van der Waals surface area contributed by atoms with Gasteiger partial charge < -0.3 is 25.0 Å². The van der Waals surface area contributed by atoms with Gasteiger partial charge in [0, 0.05) is 13.1 Å². The molecule has 1 unspecified atom stereocenters. The van der Waals surface area contributed by atoms with Gasteiger partial charge in [-0.1, -0.05) is 6.07 Å². The molecule has 1 aromatic rings. The Morgan fingerprint density at radius 3 is 2.55 bits per heavy atom. The fourth-order valence-corrected chi connectivity index (χ4v) is 2.45. The summed E-state index contributed by atoms with van der Waals surface area (Å²) in [6.07, 6.45) is -0.476. The minimum absolute atomic E-state index is 0.123. The number of amides is 1. The Balaban J connectivity index is 2.28. The first-order valence-electron chi connectivity index (χ1n) is 6.43. The summed E-state index contributed by atoms with van der Waals surface area (Å²) < 4.78 is 5.63.